The lowest BCUT2D eigenvalue weighted by Gasteiger charge is -2.06. The molecular weight excluding hydrogens is 378 g/mol. The normalized spacial score (nSPS) is 11.0. The van der Waals surface area contributed by atoms with E-state index in [0.717, 1.165) is 37.1 Å². The van der Waals surface area contributed by atoms with E-state index in [1.165, 1.54) is 44.9 Å². The van der Waals surface area contributed by atoms with Crippen LogP contribution >= 0.6 is 0 Å². The van der Waals surface area contributed by atoms with Crippen LogP contribution in [0, 0.1) is 0 Å². The Morgan fingerprint density at radius 3 is 2.20 bits per heavy atom. The monoisotopic (exact) mass is 417 g/mol. The number of carbonyl (C=O) groups excluding carboxylic acids is 1. The summed E-state index contributed by atoms with van der Waals surface area (Å²) in [7, 11) is 0. The van der Waals surface area contributed by atoms with E-state index in [9.17, 15) is 9.59 Å². The summed E-state index contributed by atoms with van der Waals surface area (Å²) in [4.78, 5) is 22.3. The molecular formula is C25H39NO4. The van der Waals surface area contributed by atoms with Gasteiger partial charge in [0.25, 0.3) is 0 Å². The summed E-state index contributed by atoms with van der Waals surface area (Å²) < 4.78 is 5.66. The Labute approximate surface area is 181 Å². The van der Waals surface area contributed by atoms with Crippen LogP contribution in [0.15, 0.2) is 30.3 Å². The van der Waals surface area contributed by atoms with Gasteiger partial charge in [0.2, 0.25) is 5.91 Å². The molecule has 30 heavy (non-hydrogen) atoms. The molecule has 0 saturated heterocycles. The summed E-state index contributed by atoms with van der Waals surface area (Å²) in [6.45, 7) is 3.55. The van der Waals surface area contributed by atoms with Crippen LogP contribution in [0.4, 0.5) is 0 Å². The van der Waals surface area contributed by atoms with Gasteiger partial charge in [0.15, 0.2) is 0 Å². The largest absolute Gasteiger partial charge is 0.494 e. The molecule has 0 radical (unpaired) electrons. The van der Waals surface area contributed by atoms with E-state index >= 15 is 0 Å². The average molecular weight is 418 g/mol. The number of unbranched alkanes of at least 4 members (excludes halogenated alkanes) is 9. The first-order valence-electron chi connectivity index (χ1n) is 11.5. The smallest absolute Gasteiger partial charge is 0.303 e. The molecule has 1 aromatic carbocycles. The topological polar surface area (TPSA) is 75.6 Å². The van der Waals surface area contributed by atoms with E-state index in [2.05, 4.69) is 12.2 Å². The van der Waals surface area contributed by atoms with Gasteiger partial charge < -0.3 is 15.2 Å². The van der Waals surface area contributed by atoms with Crippen LogP contribution < -0.4 is 10.1 Å². The Morgan fingerprint density at radius 2 is 1.53 bits per heavy atom. The zero-order valence-electron chi connectivity index (χ0n) is 18.5. The van der Waals surface area contributed by atoms with E-state index < -0.39 is 5.97 Å². The fourth-order valence-electron chi connectivity index (χ4n) is 3.12. The third-order valence-electron chi connectivity index (χ3n) is 4.94. The SMILES string of the molecule is CCCCCCCCCCNC(=O)/C=C/c1ccc(OCCCCCC(=O)O)cc1. The van der Waals surface area contributed by atoms with Gasteiger partial charge in [0.05, 0.1) is 6.61 Å². The van der Waals surface area contributed by atoms with E-state index in [1.807, 2.05) is 24.3 Å². The summed E-state index contributed by atoms with van der Waals surface area (Å²) in [5.41, 5.74) is 0.950. The molecule has 2 N–H and O–H groups in total. The van der Waals surface area contributed by atoms with Gasteiger partial charge in [-0.3, -0.25) is 9.59 Å². The summed E-state index contributed by atoms with van der Waals surface area (Å²) in [6, 6.07) is 7.61. The highest BCUT2D eigenvalue weighted by molar-refractivity contribution is 5.91. The lowest BCUT2D eigenvalue weighted by Crippen LogP contribution is -2.21. The fourth-order valence-corrected chi connectivity index (χ4v) is 3.12. The van der Waals surface area contributed by atoms with Crippen molar-refractivity contribution in [3.8, 4) is 5.75 Å². The predicted octanol–water partition coefficient (Wildman–Crippen LogP) is 5.98. The molecule has 0 aliphatic heterocycles. The summed E-state index contributed by atoms with van der Waals surface area (Å²) >= 11 is 0. The number of rotatable bonds is 18. The number of nitrogens with one attached hydrogen (secondary N) is 1. The number of carbonyl (C=O) groups is 2. The third-order valence-corrected chi connectivity index (χ3v) is 4.94. The van der Waals surface area contributed by atoms with Gasteiger partial charge in [0, 0.05) is 19.0 Å². The second kappa shape index (κ2) is 17.5. The molecule has 0 aliphatic rings. The molecule has 0 spiro atoms. The maximum Gasteiger partial charge on any atom is 0.303 e. The van der Waals surface area contributed by atoms with Gasteiger partial charge in [-0.15, -0.1) is 0 Å². The van der Waals surface area contributed by atoms with Crippen LogP contribution in [0.3, 0.4) is 0 Å². The molecule has 5 nitrogen and oxygen atoms in total. The van der Waals surface area contributed by atoms with Gasteiger partial charge in [-0.25, -0.2) is 0 Å². The first kappa shape index (κ1) is 25.7. The number of carboxylic acid groups (broad SMARTS) is 1. The van der Waals surface area contributed by atoms with Crippen molar-refractivity contribution in [2.75, 3.05) is 13.2 Å². The molecule has 1 rings (SSSR count). The van der Waals surface area contributed by atoms with Crippen LogP contribution in [0.5, 0.6) is 5.75 Å². The molecule has 0 fully saturated rings. The van der Waals surface area contributed by atoms with Gasteiger partial charge in [-0.1, -0.05) is 64.0 Å². The molecule has 0 saturated carbocycles. The number of benzene rings is 1. The van der Waals surface area contributed by atoms with Gasteiger partial charge >= 0.3 is 5.97 Å². The number of ether oxygens (including phenoxy) is 1. The molecule has 1 amide bonds. The minimum Gasteiger partial charge on any atom is -0.494 e. The van der Waals surface area contributed by atoms with Gasteiger partial charge in [0.1, 0.15) is 5.75 Å². The highest BCUT2D eigenvalue weighted by Gasteiger charge is 1.99. The third kappa shape index (κ3) is 14.7. The molecule has 0 atom stereocenters. The van der Waals surface area contributed by atoms with Gasteiger partial charge in [-0.05, 0) is 49.5 Å². The first-order valence-corrected chi connectivity index (χ1v) is 11.5. The van der Waals surface area contributed by atoms with Crippen molar-refractivity contribution in [1.82, 2.24) is 5.32 Å². The first-order chi connectivity index (χ1) is 14.6. The highest BCUT2D eigenvalue weighted by atomic mass is 16.5. The van der Waals surface area contributed by atoms with Crippen LogP contribution in [0.2, 0.25) is 0 Å². The number of amides is 1. The minimum absolute atomic E-state index is 0.0559. The van der Waals surface area contributed by atoms with Crippen LogP contribution in [0.25, 0.3) is 6.08 Å². The molecule has 0 bridgehead atoms. The fraction of sp³-hybridized carbons (Fsp3) is 0.600. The minimum atomic E-state index is -0.749. The summed E-state index contributed by atoms with van der Waals surface area (Å²) in [5.74, 6) is -0.0226. The van der Waals surface area contributed by atoms with Crippen LogP contribution in [-0.4, -0.2) is 30.1 Å². The Bertz CT molecular complexity index is 610. The number of hydrogen-bond acceptors (Lipinski definition) is 3. The number of aliphatic carboxylic acids is 1. The van der Waals surface area contributed by atoms with E-state index in [0.29, 0.717) is 13.0 Å². The van der Waals surface area contributed by atoms with Crippen molar-refractivity contribution in [3.05, 3.63) is 35.9 Å². The van der Waals surface area contributed by atoms with E-state index in [4.69, 9.17) is 9.84 Å². The Hall–Kier alpha value is -2.30. The average Bonchev–Trinajstić information content (AvgIpc) is 2.74. The van der Waals surface area contributed by atoms with Crippen molar-refractivity contribution >= 4 is 18.0 Å². The Kier molecular flexibility index (Phi) is 15.1. The van der Waals surface area contributed by atoms with E-state index in [1.54, 1.807) is 12.2 Å². The van der Waals surface area contributed by atoms with E-state index in [-0.39, 0.29) is 12.3 Å². The number of hydrogen-bond donors (Lipinski definition) is 2. The Balaban J connectivity index is 2.10. The van der Waals surface area contributed by atoms with Crippen molar-refractivity contribution < 1.29 is 19.4 Å². The molecule has 0 aromatic heterocycles. The standard InChI is InChI=1S/C25H39NO4/c1-2-3-4-5-6-7-8-11-20-26-24(27)19-16-22-14-17-23(18-15-22)30-21-12-9-10-13-25(28)29/h14-19H,2-13,20-21H2,1H3,(H,26,27)(H,28,29)/b19-16+. The van der Waals surface area contributed by atoms with Crippen LogP contribution in [-0.2, 0) is 9.59 Å². The zero-order valence-corrected chi connectivity index (χ0v) is 18.5. The molecule has 0 heterocycles. The van der Waals surface area contributed by atoms with Crippen molar-refractivity contribution in [2.45, 2.75) is 84.0 Å². The van der Waals surface area contributed by atoms with Crippen LogP contribution in [0.1, 0.15) is 89.5 Å². The van der Waals surface area contributed by atoms with Crippen molar-refractivity contribution in [2.24, 2.45) is 0 Å². The number of carboxylic acids is 1. The maximum atomic E-state index is 11.9. The quantitative estimate of drug-likeness (QED) is 0.227. The Morgan fingerprint density at radius 1 is 0.900 bits per heavy atom. The predicted molar refractivity (Wildman–Crippen MR) is 123 cm³/mol. The second-order valence-corrected chi connectivity index (χ2v) is 7.72. The lowest BCUT2D eigenvalue weighted by molar-refractivity contribution is -0.137. The highest BCUT2D eigenvalue weighted by Crippen LogP contribution is 2.14. The molecule has 5 heteroatoms. The van der Waals surface area contributed by atoms with Crippen molar-refractivity contribution in [3.63, 3.8) is 0 Å². The molecule has 168 valence electrons. The second-order valence-electron chi connectivity index (χ2n) is 7.72. The molecule has 0 unspecified atom stereocenters. The summed E-state index contributed by atoms with van der Waals surface area (Å²) in [5, 5.41) is 11.5. The molecule has 0 aliphatic carbocycles. The van der Waals surface area contributed by atoms with Gasteiger partial charge in [-0.2, -0.15) is 0 Å². The van der Waals surface area contributed by atoms with Crippen molar-refractivity contribution in [1.29, 1.82) is 0 Å². The summed E-state index contributed by atoms with van der Waals surface area (Å²) in [6.07, 6.45) is 16.0. The zero-order chi connectivity index (χ0) is 21.9. The molecule has 1 aromatic rings. The maximum absolute atomic E-state index is 11.9. The lowest BCUT2D eigenvalue weighted by atomic mass is 10.1.